The van der Waals surface area contributed by atoms with E-state index in [1.807, 2.05) is 36.4 Å². The minimum Gasteiger partial charge on any atom is -0.248 e. The lowest BCUT2D eigenvalue weighted by molar-refractivity contribution is 1.33. The van der Waals surface area contributed by atoms with E-state index in [1.54, 1.807) is 0 Å². The zero-order chi connectivity index (χ0) is 13.2. The van der Waals surface area contributed by atoms with Crippen LogP contribution in [-0.4, -0.2) is 4.98 Å². The molecule has 0 aliphatic carbocycles. The van der Waals surface area contributed by atoms with E-state index >= 15 is 0 Å². The van der Waals surface area contributed by atoms with E-state index in [9.17, 15) is 0 Å². The molecule has 0 unspecified atom stereocenters. The van der Waals surface area contributed by atoms with Crippen LogP contribution in [0.15, 0.2) is 54.6 Å². The van der Waals surface area contributed by atoms with Gasteiger partial charge in [-0.2, -0.15) is 0 Å². The Morgan fingerprint density at radius 1 is 1.00 bits per heavy atom. The van der Waals surface area contributed by atoms with Crippen LogP contribution in [0.25, 0.3) is 22.2 Å². The number of benzene rings is 2. The van der Waals surface area contributed by atoms with Crippen LogP contribution in [-0.2, 0) is 0 Å². The van der Waals surface area contributed by atoms with E-state index in [0.29, 0.717) is 0 Å². The second kappa shape index (κ2) is 4.59. The highest BCUT2D eigenvalue weighted by atomic mass is 14.7. The van der Waals surface area contributed by atoms with Crippen molar-refractivity contribution in [3.63, 3.8) is 0 Å². The normalized spacial score (nSPS) is 10.3. The lowest BCUT2D eigenvalue weighted by Gasteiger charge is -2.07. The maximum atomic E-state index is 5.43. The molecular formula is C18H13N. The average Bonchev–Trinajstić information content (AvgIpc) is 2.47. The van der Waals surface area contributed by atoms with Crippen LogP contribution in [0.4, 0.5) is 0 Å². The minimum atomic E-state index is 0.890. The van der Waals surface area contributed by atoms with Crippen LogP contribution in [0, 0.1) is 19.3 Å². The van der Waals surface area contributed by atoms with Crippen molar-refractivity contribution in [2.45, 2.75) is 6.92 Å². The molecule has 0 radical (unpaired) electrons. The fourth-order valence-electron chi connectivity index (χ4n) is 2.26. The van der Waals surface area contributed by atoms with Crippen molar-refractivity contribution in [2.75, 3.05) is 0 Å². The third kappa shape index (κ3) is 2.09. The van der Waals surface area contributed by atoms with Gasteiger partial charge in [0, 0.05) is 16.5 Å². The summed E-state index contributed by atoms with van der Waals surface area (Å²) in [6, 6.07) is 18.3. The number of fused-ring (bicyclic) bond motifs is 1. The Hall–Kier alpha value is -2.59. The molecule has 19 heavy (non-hydrogen) atoms. The Morgan fingerprint density at radius 3 is 2.53 bits per heavy atom. The van der Waals surface area contributed by atoms with Crippen molar-refractivity contribution in [3.05, 3.63) is 65.7 Å². The molecule has 2 aromatic carbocycles. The van der Waals surface area contributed by atoms with Crippen molar-refractivity contribution < 1.29 is 0 Å². The number of pyridine rings is 1. The Labute approximate surface area is 112 Å². The second-order valence-electron chi connectivity index (χ2n) is 4.57. The standard InChI is InChI=1S/C18H13N/c1-3-14-9-10-17-16(12-14)11-13(2)18(19-17)15-7-5-4-6-8-15/h1,4-12H,2H3. The fraction of sp³-hybridized carbons (Fsp3) is 0.0556. The number of aryl methyl sites for hydroxylation is 1. The molecule has 1 aromatic heterocycles. The molecule has 0 fully saturated rings. The highest BCUT2D eigenvalue weighted by Gasteiger charge is 2.06. The van der Waals surface area contributed by atoms with E-state index < -0.39 is 0 Å². The number of terminal acetylenes is 1. The largest absolute Gasteiger partial charge is 0.248 e. The molecule has 0 aliphatic rings. The first-order valence-electron chi connectivity index (χ1n) is 6.21. The minimum absolute atomic E-state index is 0.890. The molecule has 1 heteroatoms. The van der Waals surface area contributed by atoms with Gasteiger partial charge in [0.25, 0.3) is 0 Å². The number of aromatic nitrogens is 1. The second-order valence-corrected chi connectivity index (χ2v) is 4.57. The van der Waals surface area contributed by atoms with Crippen LogP contribution in [0.1, 0.15) is 11.1 Å². The van der Waals surface area contributed by atoms with Crippen molar-refractivity contribution in [1.82, 2.24) is 4.98 Å². The lowest BCUT2D eigenvalue weighted by Crippen LogP contribution is -1.90. The molecule has 0 N–H and O–H groups in total. The van der Waals surface area contributed by atoms with E-state index in [1.165, 1.54) is 0 Å². The van der Waals surface area contributed by atoms with Gasteiger partial charge in [0.2, 0.25) is 0 Å². The maximum Gasteiger partial charge on any atom is 0.0738 e. The molecule has 3 rings (SSSR count). The summed E-state index contributed by atoms with van der Waals surface area (Å²) in [5, 5.41) is 1.09. The van der Waals surface area contributed by atoms with Crippen LogP contribution in [0.5, 0.6) is 0 Å². The van der Waals surface area contributed by atoms with Gasteiger partial charge >= 0.3 is 0 Å². The third-order valence-corrected chi connectivity index (χ3v) is 3.22. The van der Waals surface area contributed by atoms with Crippen molar-refractivity contribution in [3.8, 4) is 23.6 Å². The van der Waals surface area contributed by atoms with E-state index in [2.05, 4.69) is 31.0 Å². The van der Waals surface area contributed by atoms with Gasteiger partial charge in [-0.15, -0.1) is 6.42 Å². The van der Waals surface area contributed by atoms with E-state index in [4.69, 9.17) is 11.4 Å². The molecule has 1 nitrogen and oxygen atoms in total. The smallest absolute Gasteiger partial charge is 0.0738 e. The summed E-state index contributed by atoms with van der Waals surface area (Å²) >= 11 is 0. The van der Waals surface area contributed by atoms with Gasteiger partial charge in [-0.3, -0.25) is 0 Å². The molecule has 0 saturated heterocycles. The molecule has 3 aromatic rings. The predicted molar refractivity (Wildman–Crippen MR) is 79.9 cm³/mol. The monoisotopic (exact) mass is 243 g/mol. The zero-order valence-electron chi connectivity index (χ0n) is 10.7. The van der Waals surface area contributed by atoms with Crippen molar-refractivity contribution >= 4 is 10.9 Å². The fourth-order valence-corrected chi connectivity index (χ4v) is 2.26. The molecule has 0 aliphatic heterocycles. The van der Waals surface area contributed by atoms with Gasteiger partial charge in [0.15, 0.2) is 0 Å². The summed E-state index contributed by atoms with van der Waals surface area (Å²) in [6.07, 6.45) is 5.43. The first kappa shape index (κ1) is 11.5. The topological polar surface area (TPSA) is 12.9 Å². The molecule has 0 saturated carbocycles. The zero-order valence-corrected chi connectivity index (χ0v) is 10.7. The van der Waals surface area contributed by atoms with Crippen LogP contribution < -0.4 is 0 Å². The van der Waals surface area contributed by atoms with Gasteiger partial charge in [0.1, 0.15) is 0 Å². The van der Waals surface area contributed by atoms with Gasteiger partial charge in [0.05, 0.1) is 11.2 Å². The number of hydrogen-bond donors (Lipinski definition) is 0. The highest BCUT2D eigenvalue weighted by molar-refractivity contribution is 5.84. The van der Waals surface area contributed by atoms with Gasteiger partial charge < -0.3 is 0 Å². The van der Waals surface area contributed by atoms with Crippen LogP contribution in [0.2, 0.25) is 0 Å². The van der Waals surface area contributed by atoms with Crippen molar-refractivity contribution in [1.29, 1.82) is 0 Å². The Kier molecular flexibility index (Phi) is 2.78. The lowest BCUT2D eigenvalue weighted by atomic mass is 10.0. The van der Waals surface area contributed by atoms with Gasteiger partial charge in [-0.1, -0.05) is 36.3 Å². The van der Waals surface area contributed by atoms with E-state index in [0.717, 1.165) is 33.3 Å². The SMILES string of the molecule is C#Cc1ccc2nc(-c3ccccc3)c(C)cc2c1. The predicted octanol–water partition coefficient (Wildman–Crippen LogP) is 4.19. The summed E-state index contributed by atoms with van der Waals surface area (Å²) in [5.74, 6) is 2.66. The quantitative estimate of drug-likeness (QED) is 0.584. The number of nitrogens with zero attached hydrogens (tertiary/aromatic N) is 1. The third-order valence-electron chi connectivity index (χ3n) is 3.22. The Bertz CT molecular complexity index is 780. The summed E-state index contributed by atoms with van der Waals surface area (Å²) in [4.78, 5) is 4.75. The van der Waals surface area contributed by atoms with Gasteiger partial charge in [-0.05, 0) is 36.8 Å². The first-order valence-corrected chi connectivity index (χ1v) is 6.21. The summed E-state index contributed by atoms with van der Waals surface area (Å²) < 4.78 is 0. The molecule has 90 valence electrons. The molecular weight excluding hydrogens is 230 g/mol. The summed E-state index contributed by atoms with van der Waals surface area (Å²) in [5.41, 5.74) is 5.20. The summed E-state index contributed by atoms with van der Waals surface area (Å²) in [7, 11) is 0. The molecule has 0 bridgehead atoms. The van der Waals surface area contributed by atoms with E-state index in [-0.39, 0.29) is 0 Å². The molecule has 0 atom stereocenters. The average molecular weight is 243 g/mol. The summed E-state index contributed by atoms with van der Waals surface area (Å²) in [6.45, 7) is 2.08. The highest BCUT2D eigenvalue weighted by Crippen LogP contribution is 2.25. The van der Waals surface area contributed by atoms with Gasteiger partial charge in [-0.25, -0.2) is 4.98 Å². The molecule has 0 amide bonds. The maximum absolute atomic E-state index is 5.43. The molecule has 0 spiro atoms. The number of hydrogen-bond acceptors (Lipinski definition) is 1. The van der Waals surface area contributed by atoms with Crippen LogP contribution >= 0.6 is 0 Å². The molecule has 1 heterocycles. The Balaban J connectivity index is 2.24. The van der Waals surface area contributed by atoms with Crippen LogP contribution in [0.3, 0.4) is 0 Å². The first-order chi connectivity index (χ1) is 9.28. The van der Waals surface area contributed by atoms with Crippen molar-refractivity contribution in [2.24, 2.45) is 0 Å². The Morgan fingerprint density at radius 2 is 1.79 bits per heavy atom. The number of rotatable bonds is 1.